The Balaban J connectivity index is 0.00000264. The summed E-state index contributed by atoms with van der Waals surface area (Å²) in [5.74, 6) is 0.491. The molecule has 0 aliphatic carbocycles. The van der Waals surface area contributed by atoms with E-state index in [9.17, 15) is 9.59 Å². The summed E-state index contributed by atoms with van der Waals surface area (Å²) >= 11 is 0. The Bertz CT molecular complexity index is 392. The summed E-state index contributed by atoms with van der Waals surface area (Å²) < 4.78 is 0. The fourth-order valence-electron chi connectivity index (χ4n) is 3.31. The molecule has 0 radical (unpaired) electrons. The molecule has 0 aromatic heterocycles. The molecule has 0 spiro atoms. The minimum atomic E-state index is 0. The van der Waals surface area contributed by atoms with Crippen LogP contribution in [0.15, 0.2) is 0 Å². The van der Waals surface area contributed by atoms with Crippen molar-refractivity contribution < 1.29 is 9.59 Å². The highest BCUT2D eigenvalue weighted by Crippen LogP contribution is 2.11. The number of likely N-dealkylation sites (tertiary alicyclic amines) is 1. The van der Waals surface area contributed by atoms with Crippen LogP contribution >= 0.6 is 24.8 Å². The summed E-state index contributed by atoms with van der Waals surface area (Å²) in [5, 5.41) is 3.06. The largest absolute Gasteiger partial charge is 0.342 e. The van der Waals surface area contributed by atoms with Gasteiger partial charge in [0, 0.05) is 51.7 Å². The van der Waals surface area contributed by atoms with Crippen molar-refractivity contribution in [2.24, 2.45) is 5.92 Å². The summed E-state index contributed by atoms with van der Waals surface area (Å²) in [5.41, 5.74) is 0. The second-order valence-corrected chi connectivity index (χ2v) is 6.50. The average Bonchev–Trinajstić information content (AvgIpc) is 2.95. The van der Waals surface area contributed by atoms with Crippen LogP contribution < -0.4 is 5.32 Å². The summed E-state index contributed by atoms with van der Waals surface area (Å²) in [6.07, 6.45) is 3.22. The second kappa shape index (κ2) is 11.9. The lowest BCUT2D eigenvalue weighted by atomic mass is 10.1. The predicted octanol–water partition coefficient (Wildman–Crippen LogP) is 0.842. The summed E-state index contributed by atoms with van der Waals surface area (Å²) in [4.78, 5) is 30.7. The zero-order chi connectivity index (χ0) is 15.9. The van der Waals surface area contributed by atoms with Gasteiger partial charge in [-0.3, -0.25) is 14.5 Å². The Hall–Kier alpha value is -0.560. The van der Waals surface area contributed by atoms with E-state index in [0.717, 1.165) is 58.5 Å². The van der Waals surface area contributed by atoms with Gasteiger partial charge in [0.25, 0.3) is 0 Å². The van der Waals surface area contributed by atoms with E-state index in [0.29, 0.717) is 13.1 Å². The fraction of sp³-hybridized carbons (Fsp3) is 0.875. The molecule has 0 aromatic rings. The molecule has 0 aromatic carbocycles. The molecule has 1 unspecified atom stereocenters. The van der Waals surface area contributed by atoms with Gasteiger partial charge < -0.3 is 15.1 Å². The lowest BCUT2D eigenvalue weighted by Gasteiger charge is -2.25. The number of nitrogens with zero attached hydrogens (tertiary/aromatic N) is 3. The first-order valence-electron chi connectivity index (χ1n) is 8.55. The SMILES string of the molecule is CNCC(C)C(=O)N1CCCN(CC(=O)N2CCCC2)CC1.Cl.Cl. The van der Waals surface area contributed by atoms with Crippen molar-refractivity contribution in [3.05, 3.63) is 0 Å². The first-order valence-corrected chi connectivity index (χ1v) is 8.55. The number of hydrogen-bond donors (Lipinski definition) is 1. The zero-order valence-corrected chi connectivity index (χ0v) is 16.5. The number of carbonyl (C=O) groups is 2. The van der Waals surface area contributed by atoms with E-state index in [1.165, 1.54) is 0 Å². The van der Waals surface area contributed by atoms with Gasteiger partial charge in [0.15, 0.2) is 0 Å². The number of hydrogen-bond acceptors (Lipinski definition) is 4. The maximum Gasteiger partial charge on any atom is 0.236 e. The molecule has 6 nitrogen and oxygen atoms in total. The Morgan fingerprint density at radius 2 is 1.54 bits per heavy atom. The molecule has 1 N–H and O–H groups in total. The van der Waals surface area contributed by atoms with Crippen molar-refractivity contribution in [1.29, 1.82) is 0 Å². The van der Waals surface area contributed by atoms with Crippen LogP contribution in [-0.2, 0) is 9.59 Å². The van der Waals surface area contributed by atoms with Gasteiger partial charge in [-0.05, 0) is 26.3 Å². The van der Waals surface area contributed by atoms with Crippen molar-refractivity contribution in [2.75, 3.05) is 59.4 Å². The van der Waals surface area contributed by atoms with Crippen LogP contribution in [0.5, 0.6) is 0 Å². The summed E-state index contributed by atoms with van der Waals surface area (Å²) in [6, 6.07) is 0. The quantitative estimate of drug-likeness (QED) is 0.765. The molecular formula is C16H32Cl2N4O2. The normalized spacial score (nSPS) is 19.9. The highest BCUT2D eigenvalue weighted by atomic mass is 35.5. The molecule has 8 heteroatoms. The maximum absolute atomic E-state index is 12.4. The topological polar surface area (TPSA) is 55.9 Å². The van der Waals surface area contributed by atoms with Crippen LogP contribution in [0.4, 0.5) is 0 Å². The van der Waals surface area contributed by atoms with Gasteiger partial charge in [0.1, 0.15) is 0 Å². The fourth-order valence-corrected chi connectivity index (χ4v) is 3.31. The Labute approximate surface area is 158 Å². The molecule has 2 saturated heterocycles. The highest BCUT2D eigenvalue weighted by Gasteiger charge is 2.25. The third-order valence-corrected chi connectivity index (χ3v) is 4.65. The molecule has 2 aliphatic heterocycles. The van der Waals surface area contributed by atoms with E-state index in [4.69, 9.17) is 0 Å². The molecule has 24 heavy (non-hydrogen) atoms. The molecule has 2 heterocycles. The lowest BCUT2D eigenvalue weighted by Crippen LogP contribution is -2.42. The van der Waals surface area contributed by atoms with Gasteiger partial charge in [-0.15, -0.1) is 24.8 Å². The third-order valence-electron chi connectivity index (χ3n) is 4.65. The molecule has 142 valence electrons. The van der Waals surface area contributed by atoms with Crippen LogP contribution in [-0.4, -0.2) is 85.9 Å². The van der Waals surface area contributed by atoms with E-state index in [-0.39, 0.29) is 42.5 Å². The molecule has 0 saturated carbocycles. The Kier molecular flexibility index (Phi) is 11.6. The molecule has 2 amide bonds. The Morgan fingerprint density at radius 1 is 0.917 bits per heavy atom. The van der Waals surface area contributed by atoms with Gasteiger partial charge >= 0.3 is 0 Å². The van der Waals surface area contributed by atoms with E-state index in [2.05, 4.69) is 10.2 Å². The van der Waals surface area contributed by atoms with Crippen molar-refractivity contribution in [1.82, 2.24) is 20.0 Å². The first-order chi connectivity index (χ1) is 10.6. The monoisotopic (exact) mass is 382 g/mol. The van der Waals surface area contributed by atoms with E-state index in [1.807, 2.05) is 23.8 Å². The van der Waals surface area contributed by atoms with Gasteiger partial charge in [-0.25, -0.2) is 0 Å². The van der Waals surface area contributed by atoms with Gasteiger partial charge in [0.2, 0.25) is 11.8 Å². The Morgan fingerprint density at radius 3 is 2.17 bits per heavy atom. The number of amides is 2. The number of halogens is 2. The first kappa shape index (κ1) is 23.4. The molecule has 2 rings (SSSR count). The van der Waals surface area contributed by atoms with Crippen molar-refractivity contribution in [3.63, 3.8) is 0 Å². The molecule has 2 fully saturated rings. The van der Waals surface area contributed by atoms with Crippen molar-refractivity contribution >= 4 is 36.6 Å². The van der Waals surface area contributed by atoms with E-state index < -0.39 is 0 Å². The van der Waals surface area contributed by atoms with Gasteiger partial charge in [-0.1, -0.05) is 6.92 Å². The van der Waals surface area contributed by atoms with Crippen LogP contribution in [0, 0.1) is 5.92 Å². The van der Waals surface area contributed by atoms with Crippen molar-refractivity contribution in [3.8, 4) is 0 Å². The minimum absolute atomic E-state index is 0. The zero-order valence-electron chi connectivity index (χ0n) is 14.8. The van der Waals surface area contributed by atoms with E-state index >= 15 is 0 Å². The van der Waals surface area contributed by atoms with Crippen molar-refractivity contribution in [2.45, 2.75) is 26.2 Å². The number of carbonyl (C=O) groups excluding carboxylic acids is 2. The minimum Gasteiger partial charge on any atom is -0.342 e. The summed E-state index contributed by atoms with van der Waals surface area (Å²) in [7, 11) is 1.87. The molecule has 2 aliphatic rings. The maximum atomic E-state index is 12.4. The number of rotatable bonds is 5. The van der Waals surface area contributed by atoms with Gasteiger partial charge in [-0.2, -0.15) is 0 Å². The van der Waals surface area contributed by atoms with E-state index in [1.54, 1.807) is 0 Å². The number of nitrogens with one attached hydrogen (secondary N) is 1. The van der Waals surface area contributed by atoms with Crippen LogP contribution in [0.2, 0.25) is 0 Å². The van der Waals surface area contributed by atoms with Crippen LogP contribution in [0.3, 0.4) is 0 Å². The van der Waals surface area contributed by atoms with Crippen LogP contribution in [0.25, 0.3) is 0 Å². The molecule has 0 bridgehead atoms. The highest BCUT2D eigenvalue weighted by molar-refractivity contribution is 5.85. The smallest absolute Gasteiger partial charge is 0.236 e. The van der Waals surface area contributed by atoms with Crippen LogP contribution in [0.1, 0.15) is 26.2 Å². The molecule has 1 atom stereocenters. The van der Waals surface area contributed by atoms with Gasteiger partial charge in [0.05, 0.1) is 6.54 Å². The lowest BCUT2D eigenvalue weighted by molar-refractivity contribution is -0.134. The molecular weight excluding hydrogens is 351 g/mol. The summed E-state index contributed by atoms with van der Waals surface area (Å²) in [6.45, 7) is 8.28. The predicted molar refractivity (Wildman–Crippen MR) is 101 cm³/mol. The second-order valence-electron chi connectivity index (χ2n) is 6.50. The third kappa shape index (κ3) is 6.75. The standard InChI is InChI=1S/C16H30N4O2.2ClH/c1-14(12-17-2)16(22)20-9-5-6-18(10-11-20)13-15(21)19-7-3-4-8-19;;/h14,17H,3-13H2,1-2H3;2*1H. The average molecular weight is 383 g/mol.